The summed E-state index contributed by atoms with van der Waals surface area (Å²) in [7, 11) is 2.35. The van der Waals surface area contributed by atoms with E-state index in [1.54, 1.807) is 24.1 Å². The standard InChI is InChI=1S/C10H11BClNO3S/c1-13(10(17)15-2)9-4-7-6(3-8(9)12)5-16-11(7)14/h3-4,14H,5H2,1-2H3. The zero-order valence-corrected chi connectivity index (χ0v) is 11.0. The molecule has 1 aromatic rings. The summed E-state index contributed by atoms with van der Waals surface area (Å²) in [5, 5.41) is 10.5. The van der Waals surface area contributed by atoms with Gasteiger partial charge in [-0.2, -0.15) is 0 Å². The highest BCUT2D eigenvalue weighted by atomic mass is 35.5. The third kappa shape index (κ3) is 2.26. The highest BCUT2D eigenvalue weighted by molar-refractivity contribution is 7.80. The Labute approximate surface area is 110 Å². The topological polar surface area (TPSA) is 41.9 Å². The summed E-state index contributed by atoms with van der Waals surface area (Å²) in [6.45, 7) is 0.370. The second kappa shape index (κ2) is 4.82. The molecule has 1 aliphatic heterocycles. The van der Waals surface area contributed by atoms with Gasteiger partial charge < -0.3 is 19.3 Å². The van der Waals surface area contributed by atoms with Crippen LogP contribution in [0.5, 0.6) is 0 Å². The summed E-state index contributed by atoms with van der Waals surface area (Å²) in [5.74, 6) is 0. The van der Waals surface area contributed by atoms with Gasteiger partial charge in [-0.1, -0.05) is 11.6 Å². The van der Waals surface area contributed by atoms with E-state index in [2.05, 4.69) is 0 Å². The van der Waals surface area contributed by atoms with Crippen molar-refractivity contribution in [3.05, 3.63) is 22.7 Å². The molecule has 0 amide bonds. The number of rotatable bonds is 1. The minimum absolute atomic E-state index is 0.306. The van der Waals surface area contributed by atoms with Crippen molar-refractivity contribution in [3.8, 4) is 0 Å². The summed E-state index contributed by atoms with van der Waals surface area (Å²) >= 11 is 11.2. The number of fused-ring (bicyclic) bond motifs is 1. The molecule has 0 saturated heterocycles. The molecule has 1 heterocycles. The van der Waals surface area contributed by atoms with Crippen LogP contribution < -0.4 is 10.4 Å². The fourth-order valence-electron chi connectivity index (χ4n) is 1.72. The lowest BCUT2D eigenvalue weighted by Crippen LogP contribution is -2.31. The summed E-state index contributed by atoms with van der Waals surface area (Å²) in [6, 6.07) is 3.54. The monoisotopic (exact) mass is 271 g/mol. The van der Waals surface area contributed by atoms with Crippen LogP contribution in [-0.2, 0) is 16.0 Å². The molecule has 0 saturated carbocycles. The van der Waals surface area contributed by atoms with Crippen molar-refractivity contribution in [2.24, 2.45) is 0 Å². The third-order valence-electron chi connectivity index (χ3n) is 2.68. The van der Waals surface area contributed by atoms with Gasteiger partial charge in [0.1, 0.15) is 0 Å². The first-order valence-corrected chi connectivity index (χ1v) is 5.77. The van der Waals surface area contributed by atoms with Crippen molar-refractivity contribution in [2.75, 3.05) is 19.1 Å². The number of hydrogen-bond acceptors (Lipinski definition) is 4. The molecular weight excluding hydrogens is 260 g/mol. The number of ether oxygens (including phenoxy) is 1. The molecule has 17 heavy (non-hydrogen) atoms. The molecular formula is C10H11BClNO3S. The van der Waals surface area contributed by atoms with Crippen molar-refractivity contribution in [1.82, 2.24) is 0 Å². The van der Waals surface area contributed by atoms with Crippen LogP contribution in [0.2, 0.25) is 5.02 Å². The molecule has 0 unspecified atom stereocenters. The lowest BCUT2D eigenvalue weighted by atomic mass is 9.79. The number of hydrogen-bond donors (Lipinski definition) is 1. The molecule has 0 fully saturated rings. The molecule has 0 aliphatic carbocycles. The van der Waals surface area contributed by atoms with E-state index in [4.69, 9.17) is 33.2 Å². The maximum absolute atomic E-state index is 9.63. The minimum atomic E-state index is -0.898. The Bertz CT molecular complexity index is 471. The van der Waals surface area contributed by atoms with Crippen LogP contribution in [0.1, 0.15) is 5.56 Å². The maximum atomic E-state index is 9.63. The molecule has 90 valence electrons. The van der Waals surface area contributed by atoms with Gasteiger partial charge in [0.2, 0.25) is 0 Å². The van der Waals surface area contributed by atoms with Crippen LogP contribution in [0.4, 0.5) is 5.69 Å². The second-order valence-corrected chi connectivity index (χ2v) is 4.45. The number of halogens is 1. The van der Waals surface area contributed by atoms with E-state index in [1.165, 1.54) is 7.11 Å². The van der Waals surface area contributed by atoms with Gasteiger partial charge in [-0.25, -0.2) is 0 Å². The molecule has 1 aromatic carbocycles. The molecule has 2 rings (SSSR count). The van der Waals surface area contributed by atoms with Crippen molar-refractivity contribution in [3.63, 3.8) is 0 Å². The van der Waals surface area contributed by atoms with Crippen LogP contribution in [0.25, 0.3) is 0 Å². The van der Waals surface area contributed by atoms with Crippen LogP contribution >= 0.6 is 23.8 Å². The molecule has 0 aromatic heterocycles. The largest absolute Gasteiger partial charge is 0.491 e. The predicted octanol–water partition coefficient (Wildman–Crippen LogP) is 0.925. The Hall–Kier alpha value is -0.815. The average Bonchev–Trinajstić information content (AvgIpc) is 2.67. The van der Waals surface area contributed by atoms with Gasteiger partial charge in [-0.05, 0) is 35.4 Å². The Balaban J connectivity index is 2.42. The van der Waals surface area contributed by atoms with E-state index in [0.29, 0.717) is 22.5 Å². The molecule has 0 atom stereocenters. The van der Waals surface area contributed by atoms with Gasteiger partial charge in [0.05, 0.1) is 24.4 Å². The predicted molar refractivity (Wildman–Crippen MR) is 71.9 cm³/mol. The molecule has 0 radical (unpaired) electrons. The number of thiocarbonyl (C=S) groups is 1. The van der Waals surface area contributed by atoms with Crippen molar-refractivity contribution < 1.29 is 14.4 Å². The van der Waals surface area contributed by atoms with E-state index >= 15 is 0 Å². The van der Waals surface area contributed by atoms with Crippen LogP contribution in [-0.4, -0.2) is 31.5 Å². The van der Waals surface area contributed by atoms with Crippen molar-refractivity contribution >= 4 is 47.3 Å². The van der Waals surface area contributed by atoms with E-state index in [1.807, 2.05) is 0 Å². The van der Waals surface area contributed by atoms with Crippen LogP contribution in [0, 0.1) is 0 Å². The summed E-state index contributed by atoms with van der Waals surface area (Å²) in [4.78, 5) is 1.64. The highest BCUT2D eigenvalue weighted by Crippen LogP contribution is 2.27. The van der Waals surface area contributed by atoms with E-state index in [9.17, 15) is 5.02 Å². The highest BCUT2D eigenvalue weighted by Gasteiger charge is 2.29. The van der Waals surface area contributed by atoms with E-state index in [0.717, 1.165) is 11.0 Å². The maximum Gasteiger partial charge on any atom is 0.491 e. The van der Waals surface area contributed by atoms with Gasteiger partial charge in [-0.3, -0.25) is 0 Å². The SMILES string of the molecule is COC(=S)N(C)c1cc2c(cc1Cl)COB2O. The molecule has 7 heteroatoms. The van der Waals surface area contributed by atoms with Gasteiger partial charge in [0.25, 0.3) is 5.17 Å². The Kier molecular flexibility index (Phi) is 3.58. The third-order valence-corrected chi connectivity index (χ3v) is 3.42. The van der Waals surface area contributed by atoms with Gasteiger partial charge in [0, 0.05) is 7.05 Å². The second-order valence-electron chi connectivity index (χ2n) is 3.69. The first-order chi connectivity index (χ1) is 8.04. The van der Waals surface area contributed by atoms with Crippen LogP contribution in [0.3, 0.4) is 0 Å². The molecule has 4 nitrogen and oxygen atoms in total. The van der Waals surface area contributed by atoms with Crippen molar-refractivity contribution in [1.29, 1.82) is 0 Å². The number of nitrogens with zero attached hydrogens (tertiary/aromatic N) is 1. The fourth-order valence-corrected chi connectivity index (χ4v) is 2.14. The lowest BCUT2D eigenvalue weighted by Gasteiger charge is -2.20. The number of anilines is 1. The van der Waals surface area contributed by atoms with E-state index in [-0.39, 0.29) is 0 Å². The zero-order chi connectivity index (χ0) is 12.6. The summed E-state index contributed by atoms with van der Waals surface area (Å²) in [6.07, 6.45) is 0. The molecule has 1 N–H and O–H groups in total. The zero-order valence-electron chi connectivity index (χ0n) is 9.44. The van der Waals surface area contributed by atoms with Crippen molar-refractivity contribution in [2.45, 2.75) is 6.61 Å². The molecule has 0 bridgehead atoms. The first kappa shape index (κ1) is 12.6. The quantitative estimate of drug-likeness (QED) is 0.608. The van der Waals surface area contributed by atoms with Gasteiger partial charge in [-0.15, -0.1) is 0 Å². The number of benzene rings is 1. The summed E-state index contributed by atoms with van der Waals surface area (Å²) in [5.41, 5.74) is 2.29. The Morgan fingerprint density at radius 1 is 1.65 bits per heavy atom. The normalized spacial score (nSPS) is 13.5. The Morgan fingerprint density at radius 2 is 2.35 bits per heavy atom. The number of methoxy groups -OCH3 is 1. The first-order valence-electron chi connectivity index (χ1n) is 4.98. The van der Waals surface area contributed by atoms with E-state index < -0.39 is 7.12 Å². The van der Waals surface area contributed by atoms with Crippen LogP contribution in [0.15, 0.2) is 12.1 Å². The fraction of sp³-hybridized carbons (Fsp3) is 0.300. The molecule has 1 aliphatic rings. The molecule has 0 spiro atoms. The average molecular weight is 272 g/mol. The van der Waals surface area contributed by atoms with Gasteiger partial charge in [0.15, 0.2) is 0 Å². The Morgan fingerprint density at radius 3 is 3.00 bits per heavy atom. The smallest absolute Gasteiger partial charge is 0.474 e. The lowest BCUT2D eigenvalue weighted by molar-refractivity contribution is 0.275. The minimum Gasteiger partial charge on any atom is -0.474 e. The summed E-state index contributed by atoms with van der Waals surface area (Å²) < 4.78 is 10.1. The van der Waals surface area contributed by atoms with Gasteiger partial charge >= 0.3 is 7.12 Å².